The molecule has 3 aromatic rings. The van der Waals surface area contributed by atoms with Crippen LogP contribution in [-0.4, -0.2) is 58.6 Å². The second-order valence-corrected chi connectivity index (χ2v) is 8.95. The molecule has 4 rings (SSSR count). The van der Waals surface area contributed by atoms with E-state index in [9.17, 15) is 4.79 Å². The average molecular weight is 465 g/mol. The van der Waals surface area contributed by atoms with Gasteiger partial charge >= 0.3 is 0 Å². The van der Waals surface area contributed by atoms with Crippen LogP contribution in [0.3, 0.4) is 0 Å². The number of halogens is 2. The van der Waals surface area contributed by atoms with Gasteiger partial charge in [0.1, 0.15) is 0 Å². The number of thiophene rings is 1. The Bertz CT molecular complexity index is 965. The third-order valence-electron chi connectivity index (χ3n) is 5.19. The number of carbonyl (C=O) groups is 1. The Hall–Kier alpha value is -1.93. The lowest BCUT2D eigenvalue weighted by Crippen LogP contribution is -2.49. The molecule has 9 heteroatoms. The van der Waals surface area contributed by atoms with Crippen LogP contribution in [0.15, 0.2) is 40.2 Å². The minimum atomic E-state index is 0.0663. The van der Waals surface area contributed by atoms with E-state index in [2.05, 4.69) is 15.0 Å². The van der Waals surface area contributed by atoms with Gasteiger partial charge in [0.15, 0.2) is 0 Å². The van der Waals surface area contributed by atoms with Crippen molar-refractivity contribution in [1.82, 2.24) is 19.9 Å². The van der Waals surface area contributed by atoms with Crippen molar-refractivity contribution in [2.45, 2.75) is 19.3 Å². The number of hydrogen-bond donors (Lipinski definition) is 0. The number of aromatic nitrogens is 2. The van der Waals surface area contributed by atoms with Crippen molar-refractivity contribution in [3.63, 3.8) is 0 Å². The maximum absolute atomic E-state index is 12.6. The van der Waals surface area contributed by atoms with Gasteiger partial charge in [-0.25, -0.2) is 0 Å². The molecular formula is C21H22Cl2N4O2S. The molecule has 0 bridgehead atoms. The lowest BCUT2D eigenvalue weighted by Gasteiger charge is -2.34. The minimum absolute atomic E-state index is 0.0663. The lowest BCUT2D eigenvalue weighted by atomic mass is 10.1. The van der Waals surface area contributed by atoms with E-state index >= 15 is 0 Å². The normalized spacial score (nSPS) is 14.9. The van der Waals surface area contributed by atoms with Gasteiger partial charge in [0.25, 0.3) is 0 Å². The van der Waals surface area contributed by atoms with Crippen molar-refractivity contribution in [3.05, 3.63) is 57.2 Å². The molecule has 0 N–H and O–H groups in total. The summed E-state index contributed by atoms with van der Waals surface area (Å²) >= 11 is 14.0. The van der Waals surface area contributed by atoms with E-state index in [1.54, 1.807) is 29.5 Å². The Morgan fingerprint density at radius 3 is 2.57 bits per heavy atom. The SMILES string of the molecule is O=C(Cc1c(Cl)cccc1Cl)N1CCN(CCCc2nc(-c3cccs3)no2)CC1. The Balaban J connectivity index is 1.20. The highest BCUT2D eigenvalue weighted by Crippen LogP contribution is 2.25. The topological polar surface area (TPSA) is 62.5 Å². The molecule has 1 fully saturated rings. The van der Waals surface area contributed by atoms with E-state index < -0.39 is 0 Å². The van der Waals surface area contributed by atoms with E-state index in [0.29, 0.717) is 40.4 Å². The average Bonchev–Trinajstić information content (AvgIpc) is 3.43. The molecule has 0 saturated carbocycles. The molecule has 1 aromatic carbocycles. The third-order valence-corrected chi connectivity index (χ3v) is 6.76. The van der Waals surface area contributed by atoms with Gasteiger partial charge in [-0.3, -0.25) is 9.69 Å². The van der Waals surface area contributed by atoms with Gasteiger partial charge in [-0.05, 0) is 42.1 Å². The molecule has 1 amide bonds. The molecule has 1 saturated heterocycles. The summed E-state index contributed by atoms with van der Waals surface area (Å²) in [5.41, 5.74) is 0.703. The Labute approximate surface area is 189 Å². The Kier molecular flexibility index (Phi) is 7.04. The first-order valence-electron chi connectivity index (χ1n) is 9.89. The molecule has 158 valence electrons. The zero-order valence-electron chi connectivity index (χ0n) is 16.4. The van der Waals surface area contributed by atoms with Crippen LogP contribution in [0.2, 0.25) is 10.0 Å². The summed E-state index contributed by atoms with van der Waals surface area (Å²) in [4.78, 5) is 22.4. The van der Waals surface area contributed by atoms with Crippen molar-refractivity contribution >= 4 is 40.4 Å². The van der Waals surface area contributed by atoms with E-state index in [4.69, 9.17) is 27.7 Å². The van der Waals surface area contributed by atoms with Crippen molar-refractivity contribution in [1.29, 1.82) is 0 Å². The van der Waals surface area contributed by atoms with E-state index in [0.717, 1.165) is 37.4 Å². The molecular weight excluding hydrogens is 443 g/mol. The zero-order chi connectivity index (χ0) is 20.9. The van der Waals surface area contributed by atoms with E-state index in [1.165, 1.54) is 0 Å². The number of benzene rings is 1. The first kappa shape index (κ1) is 21.3. The highest BCUT2D eigenvalue weighted by atomic mass is 35.5. The number of aryl methyl sites for hydroxylation is 1. The monoisotopic (exact) mass is 464 g/mol. The van der Waals surface area contributed by atoms with Gasteiger partial charge in [0.05, 0.1) is 11.3 Å². The van der Waals surface area contributed by atoms with Gasteiger partial charge in [0.2, 0.25) is 17.6 Å². The highest BCUT2D eigenvalue weighted by molar-refractivity contribution is 7.13. The minimum Gasteiger partial charge on any atom is -0.340 e. The maximum Gasteiger partial charge on any atom is 0.227 e. The highest BCUT2D eigenvalue weighted by Gasteiger charge is 2.22. The van der Waals surface area contributed by atoms with Crippen LogP contribution in [0.4, 0.5) is 0 Å². The predicted octanol–water partition coefficient (Wildman–Crippen LogP) is 4.42. The fraction of sp³-hybridized carbons (Fsp3) is 0.381. The van der Waals surface area contributed by atoms with Crippen molar-refractivity contribution in [2.75, 3.05) is 32.7 Å². The molecule has 0 spiro atoms. The fourth-order valence-electron chi connectivity index (χ4n) is 3.50. The maximum atomic E-state index is 12.6. The second-order valence-electron chi connectivity index (χ2n) is 7.19. The van der Waals surface area contributed by atoms with Crippen molar-refractivity contribution < 1.29 is 9.32 Å². The summed E-state index contributed by atoms with van der Waals surface area (Å²) < 4.78 is 5.35. The number of carbonyl (C=O) groups excluding carboxylic acids is 1. The predicted molar refractivity (Wildman–Crippen MR) is 119 cm³/mol. The molecule has 0 aliphatic carbocycles. The van der Waals surface area contributed by atoms with Gasteiger partial charge in [-0.2, -0.15) is 4.98 Å². The van der Waals surface area contributed by atoms with Crippen LogP contribution < -0.4 is 0 Å². The van der Waals surface area contributed by atoms with Gasteiger partial charge < -0.3 is 9.42 Å². The van der Waals surface area contributed by atoms with Crippen molar-refractivity contribution in [2.24, 2.45) is 0 Å². The summed E-state index contributed by atoms with van der Waals surface area (Å²) in [6.07, 6.45) is 1.93. The Morgan fingerprint density at radius 1 is 1.10 bits per heavy atom. The van der Waals surface area contributed by atoms with Crippen LogP contribution in [0.25, 0.3) is 10.7 Å². The molecule has 1 aliphatic rings. The van der Waals surface area contributed by atoms with Crippen LogP contribution >= 0.6 is 34.5 Å². The quantitative estimate of drug-likeness (QED) is 0.517. The summed E-state index contributed by atoms with van der Waals surface area (Å²) in [7, 11) is 0. The largest absolute Gasteiger partial charge is 0.340 e. The Morgan fingerprint density at radius 2 is 1.87 bits per heavy atom. The first-order chi connectivity index (χ1) is 14.6. The summed E-state index contributed by atoms with van der Waals surface area (Å²) in [6.45, 7) is 4.07. The van der Waals surface area contributed by atoms with Gasteiger partial charge in [-0.15, -0.1) is 11.3 Å². The second kappa shape index (κ2) is 9.92. The standard InChI is InChI=1S/C21H22Cl2N4O2S/c22-16-4-1-5-17(23)15(16)14-20(28)27-11-9-26(10-12-27)8-2-7-19-24-21(25-29-19)18-6-3-13-30-18/h1,3-6,13H,2,7-12,14H2. The summed E-state index contributed by atoms with van der Waals surface area (Å²) in [6, 6.07) is 9.28. The molecule has 6 nitrogen and oxygen atoms in total. The summed E-state index contributed by atoms with van der Waals surface area (Å²) in [5.74, 6) is 1.39. The first-order valence-corrected chi connectivity index (χ1v) is 11.5. The molecule has 3 heterocycles. The number of nitrogens with zero attached hydrogens (tertiary/aromatic N) is 4. The van der Waals surface area contributed by atoms with Crippen molar-refractivity contribution in [3.8, 4) is 10.7 Å². The number of rotatable bonds is 7. The molecule has 0 unspecified atom stereocenters. The lowest BCUT2D eigenvalue weighted by molar-refractivity contribution is -0.132. The van der Waals surface area contributed by atoms with Gasteiger partial charge in [-0.1, -0.05) is 40.5 Å². The molecule has 30 heavy (non-hydrogen) atoms. The van der Waals surface area contributed by atoms with Gasteiger partial charge in [0, 0.05) is 42.6 Å². The smallest absolute Gasteiger partial charge is 0.227 e. The third kappa shape index (κ3) is 5.21. The van der Waals surface area contributed by atoms with Crippen LogP contribution in [0.1, 0.15) is 17.9 Å². The number of piperazine rings is 1. The van der Waals surface area contributed by atoms with Crippen LogP contribution in [-0.2, 0) is 17.6 Å². The van der Waals surface area contributed by atoms with E-state index in [-0.39, 0.29) is 12.3 Å². The van der Waals surface area contributed by atoms with E-state index in [1.807, 2.05) is 22.4 Å². The van der Waals surface area contributed by atoms with Crippen LogP contribution in [0.5, 0.6) is 0 Å². The number of amides is 1. The summed E-state index contributed by atoms with van der Waals surface area (Å²) in [5, 5.41) is 7.13. The van der Waals surface area contributed by atoms with Crippen LogP contribution in [0, 0.1) is 0 Å². The fourth-order valence-corrected chi connectivity index (χ4v) is 4.68. The number of hydrogen-bond acceptors (Lipinski definition) is 6. The molecule has 0 radical (unpaired) electrons. The molecule has 2 aromatic heterocycles. The molecule has 0 atom stereocenters. The zero-order valence-corrected chi connectivity index (χ0v) is 18.7. The molecule has 1 aliphatic heterocycles.